The Hall–Kier alpha value is 0.394. The van der Waals surface area contributed by atoms with Crippen LogP contribution in [0.1, 0.15) is 25.7 Å². The summed E-state index contributed by atoms with van der Waals surface area (Å²) in [4.78, 5) is 0. The van der Waals surface area contributed by atoms with E-state index in [4.69, 9.17) is 0 Å². The van der Waals surface area contributed by atoms with Crippen molar-refractivity contribution in [1.82, 2.24) is 4.23 Å². The normalized spacial score (nSPS) is 23.6. The molecule has 0 spiro atoms. The lowest BCUT2D eigenvalue weighted by atomic mass is 10.3. The number of rotatable bonds is 1. The Bertz CT molecular complexity index is 68.8. The minimum Gasteiger partial charge on any atom is -0.358 e. The van der Waals surface area contributed by atoms with E-state index >= 15 is 0 Å². The van der Waals surface area contributed by atoms with E-state index in [1.807, 2.05) is 0 Å². The zero-order valence-corrected chi connectivity index (χ0v) is 9.85. The second kappa shape index (κ2) is 2.80. The van der Waals surface area contributed by atoms with Crippen LogP contribution in [-0.2, 0) is 0 Å². The molecule has 1 fully saturated rings. The molecule has 0 bridgehead atoms. The van der Waals surface area contributed by atoms with Gasteiger partial charge in [0.15, 0.2) is 0 Å². The van der Waals surface area contributed by atoms with Crippen LogP contribution in [0.3, 0.4) is 0 Å². The standard InChI is InChI=1S/C5H15NSi2/c7-6(8)5-3-1-2-4-5/h5H,1-4H2,7-8H3. The third kappa shape index (κ3) is 1.43. The van der Waals surface area contributed by atoms with Gasteiger partial charge in [-0.05, 0) is 18.9 Å². The van der Waals surface area contributed by atoms with Crippen molar-refractivity contribution in [3.8, 4) is 0 Å². The Morgan fingerprint density at radius 1 is 1.12 bits per heavy atom. The largest absolute Gasteiger partial charge is 0.358 e. The van der Waals surface area contributed by atoms with Crippen LogP contribution in [-0.4, -0.2) is 31.1 Å². The molecule has 1 saturated carbocycles. The molecule has 0 radical (unpaired) electrons. The molecule has 0 aromatic heterocycles. The third-order valence-corrected chi connectivity index (χ3v) is 3.52. The molecular formula is C5H15NSi2. The summed E-state index contributed by atoms with van der Waals surface area (Å²) in [6.07, 6.45) is 5.97. The summed E-state index contributed by atoms with van der Waals surface area (Å²) < 4.78 is 2.62. The highest BCUT2D eigenvalue weighted by Gasteiger charge is 2.14. The van der Waals surface area contributed by atoms with Crippen molar-refractivity contribution in [2.24, 2.45) is 0 Å². The van der Waals surface area contributed by atoms with Crippen molar-refractivity contribution in [3.63, 3.8) is 0 Å². The fourth-order valence-electron chi connectivity index (χ4n) is 1.42. The maximum atomic E-state index is 2.62. The van der Waals surface area contributed by atoms with E-state index in [1.54, 1.807) is 0 Å². The van der Waals surface area contributed by atoms with Gasteiger partial charge in [-0.2, -0.15) is 0 Å². The molecular weight excluding hydrogens is 130 g/mol. The van der Waals surface area contributed by atoms with Crippen molar-refractivity contribution >= 4 is 20.8 Å². The van der Waals surface area contributed by atoms with Crippen LogP contribution >= 0.6 is 0 Å². The molecule has 1 nitrogen and oxygen atoms in total. The second-order valence-corrected chi connectivity index (χ2v) is 7.51. The molecule has 8 heavy (non-hydrogen) atoms. The first-order valence-corrected chi connectivity index (χ1v) is 5.26. The van der Waals surface area contributed by atoms with E-state index < -0.39 is 0 Å². The maximum Gasteiger partial charge on any atom is 0.0700 e. The van der Waals surface area contributed by atoms with Crippen molar-refractivity contribution < 1.29 is 0 Å². The van der Waals surface area contributed by atoms with E-state index in [0.717, 1.165) is 6.04 Å². The van der Waals surface area contributed by atoms with Crippen molar-refractivity contribution in [1.29, 1.82) is 0 Å². The highest BCUT2D eigenvalue weighted by atomic mass is 28.2. The highest BCUT2D eigenvalue weighted by Crippen LogP contribution is 2.20. The molecule has 0 saturated heterocycles. The second-order valence-electron chi connectivity index (χ2n) is 2.90. The van der Waals surface area contributed by atoms with Gasteiger partial charge in [0, 0.05) is 0 Å². The molecule has 3 heteroatoms. The Kier molecular flexibility index (Phi) is 2.28. The van der Waals surface area contributed by atoms with Crippen LogP contribution in [0, 0.1) is 0 Å². The van der Waals surface area contributed by atoms with Crippen LogP contribution in [0.5, 0.6) is 0 Å². The van der Waals surface area contributed by atoms with Gasteiger partial charge in [-0.3, -0.25) is 0 Å². The molecule has 48 valence electrons. The number of hydrogen-bond acceptors (Lipinski definition) is 1. The molecule has 1 aliphatic carbocycles. The summed E-state index contributed by atoms with van der Waals surface area (Å²) in [5, 5.41) is 0. The average Bonchev–Trinajstić information content (AvgIpc) is 2.12. The molecule has 0 N–H and O–H groups in total. The lowest BCUT2D eigenvalue weighted by Gasteiger charge is -2.18. The van der Waals surface area contributed by atoms with E-state index in [0.29, 0.717) is 0 Å². The minimum absolute atomic E-state index is 1.02. The Balaban J connectivity index is 2.24. The van der Waals surface area contributed by atoms with Gasteiger partial charge in [0.05, 0.1) is 20.8 Å². The Labute approximate surface area is 57.5 Å². The highest BCUT2D eigenvalue weighted by molar-refractivity contribution is 6.25. The van der Waals surface area contributed by atoms with Crippen molar-refractivity contribution in [2.75, 3.05) is 0 Å². The first kappa shape index (κ1) is 6.51. The maximum absolute atomic E-state index is 2.62. The fourth-order valence-corrected chi connectivity index (χ4v) is 2.45. The molecule has 0 aromatic rings. The molecule has 0 heterocycles. The van der Waals surface area contributed by atoms with Gasteiger partial charge in [0.1, 0.15) is 0 Å². The van der Waals surface area contributed by atoms with Crippen LogP contribution in [0.25, 0.3) is 0 Å². The quantitative estimate of drug-likeness (QED) is 0.419. The lowest BCUT2D eigenvalue weighted by Crippen LogP contribution is -2.27. The predicted octanol–water partition coefficient (Wildman–Crippen LogP) is -1.21. The van der Waals surface area contributed by atoms with Crippen LogP contribution < -0.4 is 0 Å². The van der Waals surface area contributed by atoms with Crippen molar-refractivity contribution in [2.45, 2.75) is 31.7 Å². The van der Waals surface area contributed by atoms with Crippen LogP contribution in [0.15, 0.2) is 0 Å². The Morgan fingerprint density at radius 2 is 1.62 bits per heavy atom. The molecule has 1 rings (SSSR count). The molecule has 0 amide bonds. The number of nitrogens with zero attached hydrogens (tertiary/aromatic N) is 1. The molecule has 0 atom stereocenters. The number of hydrogen-bond donors (Lipinski definition) is 0. The van der Waals surface area contributed by atoms with Gasteiger partial charge in [0.25, 0.3) is 0 Å². The van der Waals surface area contributed by atoms with E-state index in [-0.39, 0.29) is 0 Å². The van der Waals surface area contributed by atoms with Gasteiger partial charge in [-0.1, -0.05) is 12.8 Å². The zero-order valence-electron chi connectivity index (χ0n) is 5.85. The Morgan fingerprint density at radius 3 is 1.88 bits per heavy atom. The van der Waals surface area contributed by atoms with Gasteiger partial charge in [-0.25, -0.2) is 0 Å². The van der Waals surface area contributed by atoms with Gasteiger partial charge in [0.2, 0.25) is 0 Å². The topological polar surface area (TPSA) is 3.24 Å². The minimum atomic E-state index is 1.02. The first-order chi connectivity index (χ1) is 3.80. The van der Waals surface area contributed by atoms with Crippen molar-refractivity contribution in [3.05, 3.63) is 0 Å². The summed E-state index contributed by atoms with van der Waals surface area (Å²) in [5.74, 6) is 0. The summed E-state index contributed by atoms with van der Waals surface area (Å²) in [6, 6.07) is 1.02. The summed E-state index contributed by atoms with van der Waals surface area (Å²) in [7, 11) is 2.61. The molecule has 1 aliphatic rings. The van der Waals surface area contributed by atoms with Gasteiger partial charge in [-0.15, -0.1) is 0 Å². The lowest BCUT2D eigenvalue weighted by molar-refractivity contribution is 0.498. The van der Waals surface area contributed by atoms with Gasteiger partial charge >= 0.3 is 0 Å². The average molecular weight is 145 g/mol. The van der Waals surface area contributed by atoms with Crippen LogP contribution in [0.4, 0.5) is 0 Å². The molecule has 0 aliphatic heterocycles. The predicted molar refractivity (Wildman–Crippen MR) is 44.0 cm³/mol. The SMILES string of the molecule is [SiH3]N([SiH3])C1CCCC1. The van der Waals surface area contributed by atoms with E-state index in [1.165, 1.54) is 46.5 Å². The van der Waals surface area contributed by atoms with Crippen LogP contribution in [0.2, 0.25) is 0 Å². The monoisotopic (exact) mass is 145 g/mol. The molecule has 0 aromatic carbocycles. The third-order valence-electron chi connectivity index (χ3n) is 2.05. The fraction of sp³-hybridized carbons (Fsp3) is 1.00. The summed E-state index contributed by atoms with van der Waals surface area (Å²) in [5.41, 5.74) is 0. The molecule has 0 unspecified atom stereocenters. The zero-order chi connectivity index (χ0) is 5.98. The summed E-state index contributed by atoms with van der Waals surface area (Å²) >= 11 is 0. The van der Waals surface area contributed by atoms with E-state index in [9.17, 15) is 0 Å². The smallest absolute Gasteiger partial charge is 0.0700 e. The van der Waals surface area contributed by atoms with Gasteiger partial charge < -0.3 is 4.23 Å². The van der Waals surface area contributed by atoms with E-state index in [2.05, 4.69) is 4.23 Å². The first-order valence-electron chi connectivity index (χ1n) is 3.47. The summed E-state index contributed by atoms with van der Waals surface area (Å²) in [6.45, 7) is 0.